The van der Waals surface area contributed by atoms with Gasteiger partial charge in [-0.2, -0.15) is 4.98 Å². The van der Waals surface area contributed by atoms with Crippen LogP contribution < -0.4 is 15.1 Å². The molecule has 3 aromatic rings. The third-order valence-corrected chi connectivity index (χ3v) is 7.18. The second kappa shape index (κ2) is 8.55. The van der Waals surface area contributed by atoms with Crippen molar-refractivity contribution in [2.45, 2.75) is 31.2 Å². The van der Waals surface area contributed by atoms with Crippen LogP contribution in [0.15, 0.2) is 33.7 Å². The molecular formula is C22H28N6O2S. The second-order valence-corrected chi connectivity index (χ2v) is 9.51. The highest BCUT2D eigenvalue weighted by Crippen LogP contribution is 2.37. The number of nitrogens with zero attached hydrogens (tertiary/aromatic N) is 5. The summed E-state index contributed by atoms with van der Waals surface area (Å²) in [6, 6.07) is 7.96. The molecule has 8 nitrogen and oxygen atoms in total. The number of para-hydroxylation sites is 1. The number of thioether (sulfide) groups is 1. The Balaban J connectivity index is 1.35. The number of nitrogens with one attached hydrogen (secondary N) is 1. The van der Waals surface area contributed by atoms with Crippen LogP contribution in [0.2, 0.25) is 0 Å². The summed E-state index contributed by atoms with van der Waals surface area (Å²) in [5, 5.41) is 18.6. The highest BCUT2D eigenvalue weighted by molar-refractivity contribution is 7.99. The van der Waals surface area contributed by atoms with E-state index in [2.05, 4.69) is 40.2 Å². The summed E-state index contributed by atoms with van der Waals surface area (Å²) >= 11 is 1.80. The Morgan fingerprint density at radius 2 is 1.90 bits per heavy atom. The van der Waals surface area contributed by atoms with E-state index in [0.717, 1.165) is 77.5 Å². The van der Waals surface area contributed by atoms with Gasteiger partial charge in [-0.1, -0.05) is 31.1 Å². The molecule has 0 aliphatic carbocycles. The molecule has 1 fully saturated rings. The number of benzene rings is 1. The van der Waals surface area contributed by atoms with Crippen LogP contribution in [0.1, 0.15) is 19.5 Å². The minimum Gasteiger partial charge on any atom is -0.394 e. The number of aliphatic hydroxyl groups is 1. The van der Waals surface area contributed by atoms with Crippen molar-refractivity contribution in [3.63, 3.8) is 0 Å². The van der Waals surface area contributed by atoms with Crippen LogP contribution in [-0.2, 0) is 6.42 Å². The SMILES string of the molecule is CC(C)C(CO)Nc1nc(N2CCN(c3noc4ccccc34)CC2)nc2c1SCC2. The van der Waals surface area contributed by atoms with Gasteiger partial charge >= 0.3 is 0 Å². The van der Waals surface area contributed by atoms with Crippen molar-refractivity contribution in [2.75, 3.05) is 53.7 Å². The molecule has 2 aromatic heterocycles. The molecule has 9 heteroatoms. The Labute approximate surface area is 186 Å². The van der Waals surface area contributed by atoms with Gasteiger partial charge in [0.15, 0.2) is 11.4 Å². The fraction of sp³-hybridized carbons (Fsp3) is 0.500. The second-order valence-electron chi connectivity index (χ2n) is 8.40. The number of aromatic nitrogens is 3. The zero-order valence-electron chi connectivity index (χ0n) is 17.9. The van der Waals surface area contributed by atoms with Crippen molar-refractivity contribution < 1.29 is 9.63 Å². The van der Waals surface area contributed by atoms with Gasteiger partial charge in [0, 0.05) is 38.4 Å². The summed E-state index contributed by atoms with van der Waals surface area (Å²) in [5.41, 5.74) is 1.93. The van der Waals surface area contributed by atoms with Crippen LogP contribution in [0, 0.1) is 5.92 Å². The number of anilines is 3. The lowest BCUT2D eigenvalue weighted by Crippen LogP contribution is -2.47. The maximum absolute atomic E-state index is 9.78. The molecule has 2 aliphatic rings. The topological polar surface area (TPSA) is 90.6 Å². The molecule has 31 heavy (non-hydrogen) atoms. The lowest BCUT2D eigenvalue weighted by Gasteiger charge is -2.35. The monoisotopic (exact) mass is 440 g/mol. The van der Waals surface area contributed by atoms with E-state index in [1.165, 1.54) is 0 Å². The largest absolute Gasteiger partial charge is 0.394 e. The average molecular weight is 441 g/mol. The molecule has 5 rings (SSSR count). The van der Waals surface area contributed by atoms with Crippen molar-refractivity contribution in [3.05, 3.63) is 30.0 Å². The molecule has 0 saturated carbocycles. The summed E-state index contributed by atoms with van der Waals surface area (Å²) in [6.07, 6.45) is 0.959. The smallest absolute Gasteiger partial charge is 0.227 e. The Morgan fingerprint density at radius 3 is 2.68 bits per heavy atom. The molecule has 1 unspecified atom stereocenters. The molecule has 2 aliphatic heterocycles. The van der Waals surface area contributed by atoms with Crippen molar-refractivity contribution in [2.24, 2.45) is 5.92 Å². The van der Waals surface area contributed by atoms with E-state index in [1.54, 1.807) is 11.8 Å². The summed E-state index contributed by atoms with van der Waals surface area (Å²) < 4.78 is 5.49. The molecule has 0 spiro atoms. The Morgan fingerprint density at radius 1 is 1.13 bits per heavy atom. The van der Waals surface area contributed by atoms with E-state index in [-0.39, 0.29) is 12.6 Å². The van der Waals surface area contributed by atoms with Gasteiger partial charge < -0.3 is 24.7 Å². The third-order valence-electron chi connectivity index (χ3n) is 6.05. The predicted molar refractivity (Wildman–Crippen MR) is 124 cm³/mol. The van der Waals surface area contributed by atoms with E-state index in [0.29, 0.717) is 5.92 Å². The third kappa shape index (κ3) is 3.92. The molecule has 0 radical (unpaired) electrons. The van der Waals surface area contributed by atoms with Gasteiger partial charge in [-0.05, 0) is 18.1 Å². The van der Waals surface area contributed by atoms with Crippen LogP contribution >= 0.6 is 11.8 Å². The van der Waals surface area contributed by atoms with Crippen LogP contribution in [0.4, 0.5) is 17.6 Å². The fourth-order valence-corrected chi connectivity index (χ4v) is 5.17. The maximum atomic E-state index is 9.78. The molecule has 4 heterocycles. The number of aliphatic hydroxyl groups excluding tert-OH is 1. The van der Waals surface area contributed by atoms with Gasteiger partial charge in [0.1, 0.15) is 5.82 Å². The van der Waals surface area contributed by atoms with Crippen LogP contribution in [-0.4, -0.2) is 64.8 Å². The summed E-state index contributed by atoms with van der Waals surface area (Å²) in [5.74, 6) is 3.88. The highest BCUT2D eigenvalue weighted by atomic mass is 32.2. The number of rotatable bonds is 6. The Hall–Kier alpha value is -2.52. The fourth-order valence-electron chi connectivity index (χ4n) is 4.11. The first-order valence-corrected chi connectivity index (χ1v) is 11.9. The number of fused-ring (bicyclic) bond motifs is 2. The van der Waals surface area contributed by atoms with Gasteiger partial charge in [0.2, 0.25) is 5.95 Å². The van der Waals surface area contributed by atoms with E-state index in [9.17, 15) is 5.11 Å². The van der Waals surface area contributed by atoms with Gasteiger partial charge in [-0.25, -0.2) is 4.98 Å². The van der Waals surface area contributed by atoms with E-state index >= 15 is 0 Å². The number of hydrogen-bond donors (Lipinski definition) is 2. The minimum atomic E-state index is -0.0228. The molecule has 1 saturated heterocycles. The number of hydrogen-bond acceptors (Lipinski definition) is 9. The maximum Gasteiger partial charge on any atom is 0.227 e. The molecule has 1 aromatic carbocycles. The van der Waals surface area contributed by atoms with Gasteiger partial charge in [-0.15, -0.1) is 11.8 Å². The Bertz CT molecular complexity index is 1060. The zero-order chi connectivity index (χ0) is 21.4. The van der Waals surface area contributed by atoms with Gasteiger partial charge in [0.25, 0.3) is 0 Å². The first kappa shape index (κ1) is 20.4. The van der Waals surface area contributed by atoms with Crippen LogP contribution in [0.5, 0.6) is 0 Å². The first-order chi connectivity index (χ1) is 15.1. The van der Waals surface area contributed by atoms with Gasteiger partial charge in [0.05, 0.1) is 28.6 Å². The van der Waals surface area contributed by atoms with Gasteiger partial charge in [-0.3, -0.25) is 0 Å². The molecule has 164 valence electrons. The van der Waals surface area contributed by atoms with Crippen LogP contribution in [0.3, 0.4) is 0 Å². The van der Waals surface area contributed by atoms with Crippen molar-refractivity contribution in [1.29, 1.82) is 0 Å². The summed E-state index contributed by atoms with van der Waals surface area (Å²) in [7, 11) is 0. The molecule has 2 N–H and O–H groups in total. The zero-order valence-corrected chi connectivity index (χ0v) is 18.7. The lowest BCUT2D eigenvalue weighted by atomic mass is 10.1. The first-order valence-electron chi connectivity index (χ1n) is 10.9. The summed E-state index contributed by atoms with van der Waals surface area (Å²) in [4.78, 5) is 15.4. The standard InChI is InChI=1S/C22H28N6O2S/c1-14(2)17(13-29)23-20-19-16(7-12-31-19)24-22(25-20)28-10-8-27(9-11-28)21-15-5-3-4-6-18(15)30-26-21/h3-6,14,17,29H,7-13H2,1-2H3,(H,23,24,25). The quantitative estimate of drug-likeness (QED) is 0.600. The summed E-state index contributed by atoms with van der Waals surface area (Å²) in [6.45, 7) is 7.60. The van der Waals surface area contributed by atoms with Crippen molar-refractivity contribution in [1.82, 2.24) is 15.1 Å². The molecule has 0 bridgehead atoms. The van der Waals surface area contributed by atoms with Crippen molar-refractivity contribution in [3.8, 4) is 0 Å². The highest BCUT2D eigenvalue weighted by Gasteiger charge is 2.27. The van der Waals surface area contributed by atoms with E-state index in [4.69, 9.17) is 14.5 Å². The van der Waals surface area contributed by atoms with Crippen LogP contribution in [0.25, 0.3) is 11.0 Å². The molecule has 0 amide bonds. The molecule has 1 atom stereocenters. The Kier molecular flexibility index (Phi) is 5.62. The van der Waals surface area contributed by atoms with E-state index in [1.807, 2.05) is 18.2 Å². The van der Waals surface area contributed by atoms with E-state index < -0.39 is 0 Å². The number of aryl methyl sites for hydroxylation is 1. The predicted octanol–water partition coefficient (Wildman–Crippen LogP) is 3.02. The molecular weight excluding hydrogens is 412 g/mol. The lowest BCUT2D eigenvalue weighted by molar-refractivity contribution is 0.249. The normalized spacial score (nSPS) is 17.4. The van der Waals surface area contributed by atoms with Crippen molar-refractivity contribution >= 4 is 40.3 Å². The number of piperazine rings is 1. The average Bonchev–Trinajstić information content (AvgIpc) is 3.44. The minimum absolute atomic E-state index is 0.0228.